The Bertz CT molecular complexity index is 266. The summed E-state index contributed by atoms with van der Waals surface area (Å²) in [4.78, 5) is 4.25. The summed E-state index contributed by atoms with van der Waals surface area (Å²) in [5.41, 5.74) is 0. The Labute approximate surface area is 98.4 Å². The van der Waals surface area contributed by atoms with Crippen molar-refractivity contribution in [2.45, 2.75) is 32.1 Å². The van der Waals surface area contributed by atoms with Crippen molar-refractivity contribution >= 4 is 5.96 Å². The molecule has 90 valence electrons. The minimum absolute atomic E-state index is 0.782. The molecule has 0 spiro atoms. The van der Waals surface area contributed by atoms with Crippen LogP contribution in [-0.2, 0) is 0 Å². The first-order chi connectivity index (χ1) is 7.88. The molecule has 1 unspecified atom stereocenters. The summed E-state index contributed by atoms with van der Waals surface area (Å²) >= 11 is 0. The van der Waals surface area contributed by atoms with E-state index in [1.807, 2.05) is 7.05 Å². The maximum absolute atomic E-state index is 4.25. The quantitative estimate of drug-likeness (QED) is 0.432. The molecule has 0 aromatic rings. The maximum atomic E-state index is 4.25. The van der Waals surface area contributed by atoms with Gasteiger partial charge in [-0.1, -0.05) is 12.2 Å². The van der Waals surface area contributed by atoms with E-state index < -0.39 is 0 Å². The first kappa shape index (κ1) is 11.5. The summed E-state index contributed by atoms with van der Waals surface area (Å²) in [6.45, 7) is 2.14. The number of hydrogen-bond acceptors (Lipinski definition) is 1. The maximum Gasteiger partial charge on any atom is 0.190 e. The van der Waals surface area contributed by atoms with E-state index in [4.69, 9.17) is 0 Å². The van der Waals surface area contributed by atoms with Gasteiger partial charge in [0.05, 0.1) is 0 Å². The van der Waals surface area contributed by atoms with Crippen LogP contribution in [0.25, 0.3) is 0 Å². The number of guanidine groups is 1. The first-order valence-corrected chi connectivity index (χ1v) is 6.48. The number of nitrogens with one attached hydrogen (secondary N) is 2. The highest BCUT2D eigenvalue weighted by atomic mass is 15.2. The van der Waals surface area contributed by atoms with E-state index in [1.165, 1.54) is 32.1 Å². The fraction of sp³-hybridized carbons (Fsp3) is 0.769. The molecule has 0 heterocycles. The van der Waals surface area contributed by atoms with Crippen molar-refractivity contribution in [1.29, 1.82) is 0 Å². The van der Waals surface area contributed by atoms with Crippen LogP contribution in [0, 0.1) is 11.8 Å². The fourth-order valence-corrected chi connectivity index (χ4v) is 2.07. The lowest BCUT2D eigenvalue weighted by Gasteiger charge is -2.20. The van der Waals surface area contributed by atoms with E-state index in [-0.39, 0.29) is 0 Å². The SMILES string of the molecule is CN=C(NCC1CC=CCC1)NCC1CC1. The predicted molar refractivity (Wildman–Crippen MR) is 68.6 cm³/mol. The lowest BCUT2D eigenvalue weighted by atomic mass is 9.94. The Kier molecular flexibility index (Phi) is 4.25. The molecule has 0 aromatic heterocycles. The molecule has 0 saturated heterocycles. The number of hydrogen-bond donors (Lipinski definition) is 2. The van der Waals surface area contributed by atoms with Crippen LogP contribution in [0.4, 0.5) is 0 Å². The Hall–Kier alpha value is -0.990. The third-order valence-corrected chi connectivity index (χ3v) is 3.41. The Morgan fingerprint density at radius 3 is 2.44 bits per heavy atom. The minimum Gasteiger partial charge on any atom is -0.356 e. The second-order valence-electron chi connectivity index (χ2n) is 4.93. The van der Waals surface area contributed by atoms with E-state index >= 15 is 0 Å². The molecule has 0 aromatic carbocycles. The molecular formula is C13H23N3. The average Bonchev–Trinajstić information content (AvgIpc) is 3.15. The van der Waals surface area contributed by atoms with Crippen molar-refractivity contribution < 1.29 is 0 Å². The van der Waals surface area contributed by atoms with Gasteiger partial charge in [-0.2, -0.15) is 0 Å². The van der Waals surface area contributed by atoms with E-state index in [2.05, 4.69) is 27.8 Å². The zero-order valence-electron chi connectivity index (χ0n) is 10.2. The molecule has 0 radical (unpaired) electrons. The Morgan fingerprint density at radius 1 is 1.12 bits per heavy atom. The van der Waals surface area contributed by atoms with Gasteiger partial charge < -0.3 is 10.6 Å². The van der Waals surface area contributed by atoms with E-state index in [1.54, 1.807) is 0 Å². The molecule has 0 amide bonds. The smallest absolute Gasteiger partial charge is 0.190 e. The molecule has 2 rings (SSSR count). The molecule has 1 atom stereocenters. The molecule has 16 heavy (non-hydrogen) atoms. The third-order valence-electron chi connectivity index (χ3n) is 3.41. The zero-order valence-corrected chi connectivity index (χ0v) is 10.2. The van der Waals surface area contributed by atoms with Crippen LogP contribution in [0.15, 0.2) is 17.1 Å². The van der Waals surface area contributed by atoms with Crippen molar-refractivity contribution in [3.63, 3.8) is 0 Å². The van der Waals surface area contributed by atoms with Crippen LogP contribution < -0.4 is 10.6 Å². The summed E-state index contributed by atoms with van der Waals surface area (Å²) in [5.74, 6) is 2.65. The Balaban J connectivity index is 1.63. The molecule has 1 fully saturated rings. The predicted octanol–water partition coefficient (Wildman–Crippen LogP) is 1.92. The van der Waals surface area contributed by atoms with Crippen molar-refractivity contribution in [2.24, 2.45) is 16.8 Å². The van der Waals surface area contributed by atoms with E-state index in [0.717, 1.165) is 30.9 Å². The molecule has 3 nitrogen and oxygen atoms in total. The monoisotopic (exact) mass is 221 g/mol. The standard InChI is InChI=1S/C13H23N3/c1-14-13(16-10-12-7-8-12)15-9-11-5-3-2-4-6-11/h2-3,11-12H,4-10H2,1H3,(H2,14,15,16). The topological polar surface area (TPSA) is 36.4 Å². The number of aliphatic imine (C=N–C) groups is 1. The van der Waals surface area contributed by atoms with Crippen LogP contribution in [-0.4, -0.2) is 26.1 Å². The van der Waals surface area contributed by atoms with Gasteiger partial charge in [-0.05, 0) is 43.9 Å². The fourth-order valence-electron chi connectivity index (χ4n) is 2.07. The largest absolute Gasteiger partial charge is 0.356 e. The average molecular weight is 221 g/mol. The van der Waals surface area contributed by atoms with Gasteiger partial charge in [-0.3, -0.25) is 4.99 Å². The number of allylic oxidation sites excluding steroid dienone is 2. The van der Waals surface area contributed by atoms with Gasteiger partial charge in [0, 0.05) is 20.1 Å². The zero-order chi connectivity index (χ0) is 11.2. The molecule has 0 bridgehead atoms. The highest BCUT2D eigenvalue weighted by Gasteiger charge is 2.21. The summed E-state index contributed by atoms with van der Waals surface area (Å²) in [6, 6.07) is 0. The molecule has 3 heteroatoms. The normalized spacial score (nSPS) is 25.6. The summed E-state index contributed by atoms with van der Waals surface area (Å²) in [6.07, 6.45) is 11.1. The molecule has 2 aliphatic rings. The summed E-state index contributed by atoms with van der Waals surface area (Å²) < 4.78 is 0. The van der Waals surface area contributed by atoms with Gasteiger partial charge in [0.25, 0.3) is 0 Å². The highest BCUT2D eigenvalue weighted by Crippen LogP contribution is 2.27. The van der Waals surface area contributed by atoms with E-state index in [9.17, 15) is 0 Å². The van der Waals surface area contributed by atoms with E-state index in [0.29, 0.717) is 0 Å². The summed E-state index contributed by atoms with van der Waals surface area (Å²) in [7, 11) is 1.85. The Morgan fingerprint density at radius 2 is 1.88 bits per heavy atom. The molecule has 1 saturated carbocycles. The summed E-state index contributed by atoms with van der Waals surface area (Å²) in [5, 5.41) is 6.82. The number of rotatable bonds is 4. The van der Waals surface area contributed by atoms with Crippen LogP contribution >= 0.6 is 0 Å². The van der Waals surface area contributed by atoms with Crippen LogP contribution in [0.2, 0.25) is 0 Å². The van der Waals surface area contributed by atoms with Gasteiger partial charge in [-0.15, -0.1) is 0 Å². The molecule has 2 aliphatic carbocycles. The van der Waals surface area contributed by atoms with Gasteiger partial charge in [-0.25, -0.2) is 0 Å². The van der Waals surface area contributed by atoms with Gasteiger partial charge in [0.15, 0.2) is 5.96 Å². The first-order valence-electron chi connectivity index (χ1n) is 6.48. The lowest BCUT2D eigenvalue weighted by Crippen LogP contribution is -2.40. The van der Waals surface area contributed by atoms with Crippen LogP contribution in [0.1, 0.15) is 32.1 Å². The van der Waals surface area contributed by atoms with Crippen molar-refractivity contribution in [1.82, 2.24) is 10.6 Å². The molecule has 2 N–H and O–H groups in total. The third kappa shape index (κ3) is 3.87. The second-order valence-corrected chi connectivity index (χ2v) is 4.93. The van der Waals surface area contributed by atoms with Crippen molar-refractivity contribution in [3.8, 4) is 0 Å². The minimum atomic E-state index is 0.782. The van der Waals surface area contributed by atoms with Gasteiger partial charge in [0.2, 0.25) is 0 Å². The van der Waals surface area contributed by atoms with Crippen molar-refractivity contribution in [2.75, 3.05) is 20.1 Å². The second kappa shape index (κ2) is 5.92. The van der Waals surface area contributed by atoms with Gasteiger partial charge in [0.1, 0.15) is 0 Å². The van der Waals surface area contributed by atoms with Crippen LogP contribution in [0.3, 0.4) is 0 Å². The van der Waals surface area contributed by atoms with Crippen LogP contribution in [0.5, 0.6) is 0 Å². The van der Waals surface area contributed by atoms with Gasteiger partial charge >= 0.3 is 0 Å². The lowest BCUT2D eigenvalue weighted by molar-refractivity contribution is 0.469. The molecule has 0 aliphatic heterocycles. The number of nitrogens with zero attached hydrogens (tertiary/aromatic N) is 1. The highest BCUT2D eigenvalue weighted by molar-refractivity contribution is 5.79. The van der Waals surface area contributed by atoms with Crippen molar-refractivity contribution in [3.05, 3.63) is 12.2 Å². The molecular weight excluding hydrogens is 198 g/mol.